The monoisotopic (exact) mass is 248 g/mol. The van der Waals surface area contributed by atoms with Gasteiger partial charge in [0.15, 0.2) is 0 Å². The molecule has 0 aliphatic heterocycles. The molecule has 2 aromatic rings. The molecule has 0 aliphatic rings. The van der Waals surface area contributed by atoms with Crippen molar-refractivity contribution in [2.45, 2.75) is 26.2 Å². The Morgan fingerprint density at radius 1 is 1.44 bits per heavy atom. The molecule has 0 unspecified atom stereocenters. The topological polar surface area (TPSA) is 59.7 Å². The van der Waals surface area contributed by atoms with Crippen LogP contribution in [0.3, 0.4) is 0 Å². The second-order valence-corrected chi connectivity index (χ2v) is 4.11. The summed E-state index contributed by atoms with van der Waals surface area (Å²) in [5.74, 6) is 0.816. The number of ether oxygens (including phenoxy) is 1. The van der Waals surface area contributed by atoms with E-state index in [1.807, 2.05) is 25.1 Å². The van der Waals surface area contributed by atoms with Gasteiger partial charge < -0.3 is 14.3 Å². The molecule has 1 aromatic carbocycles. The highest BCUT2D eigenvalue weighted by molar-refractivity contribution is 5.84. The molecule has 18 heavy (non-hydrogen) atoms. The predicted octanol–water partition coefficient (Wildman–Crippen LogP) is 3.02. The Morgan fingerprint density at radius 2 is 2.22 bits per heavy atom. The average Bonchev–Trinajstić information content (AvgIpc) is 2.72. The number of hydrogen-bond donors (Lipinski definition) is 1. The zero-order valence-electron chi connectivity index (χ0n) is 10.5. The zero-order valence-corrected chi connectivity index (χ0v) is 10.5. The molecule has 0 spiro atoms. The Kier molecular flexibility index (Phi) is 3.55. The molecule has 0 saturated carbocycles. The summed E-state index contributed by atoms with van der Waals surface area (Å²) in [6.07, 6.45) is 1.35. The van der Waals surface area contributed by atoms with Gasteiger partial charge >= 0.3 is 5.97 Å². The molecule has 2 rings (SSSR count). The summed E-state index contributed by atoms with van der Waals surface area (Å²) >= 11 is 0. The van der Waals surface area contributed by atoms with E-state index in [1.54, 1.807) is 7.11 Å². The van der Waals surface area contributed by atoms with Gasteiger partial charge in [-0.25, -0.2) is 0 Å². The molecule has 1 heterocycles. The van der Waals surface area contributed by atoms with E-state index in [4.69, 9.17) is 14.3 Å². The summed E-state index contributed by atoms with van der Waals surface area (Å²) in [5, 5.41) is 9.74. The van der Waals surface area contributed by atoms with E-state index < -0.39 is 5.97 Å². The van der Waals surface area contributed by atoms with Gasteiger partial charge in [0.2, 0.25) is 0 Å². The van der Waals surface area contributed by atoms with Crippen molar-refractivity contribution in [3.05, 3.63) is 29.5 Å². The van der Waals surface area contributed by atoms with E-state index in [9.17, 15) is 4.79 Å². The lowest BCUT2D eigenvalue weighted by molar-refractivity contribution is -0.136. The van der Waals surface area contributed by atoms with E-state index in [1.165, 1.54) is 0 Å². The van der Waals surface area contributed by atoms with Gasteiger partial charge in [0.25, 0.3) is 0 Å². The van der Waals surface area contributed by atoms with E-state index in [0.717, 1.165) is 34.5 Å². The summed E-state index contributed by atoms with van der Waals surface area (Å²) in [6, 6.07) is 5.60. The SMILES string of the molecule is CCc1oc2ccc(OC)cc2c1CCC(=O)O. The highest BCUT2D eigenvalue weighted by Gasteiger charge is 2.14. The number of carboxylic acids is 1. The molecule has 0 fully saturated rings. The lowest BCUT2D eigenvalue weighted by atomic mass is 10.0. The number of aliphatic carboxylic acids is 1. The number of carboxylic acid groups (broad SMARTS) is 1. The van der Waals surface area contributed by atoms with Gasteiger partial charge in [-0.3, -0.25) is 4.79 Å². The van der Waals surface area contributed by atoms with Crippen molar-refractivity contribution in [3.8, 4) is 5.75 Å². The van der Waals surface area contributed by atoms with Gasteiger partial charge in [-0.1, -0.05) is 6.92 Å². The number of rotatable bonds is 5. The van der Waals surface area contributed by atoms with Crippen molar-refractivity contribution in [3.63, 3.8) is 0 Å². The summed E-state index contributed by atoms with van der Waals surface area (Å²) in [5.41, 5.74) is 1.77. The van der Waals surface area contributed by atoms with E-state index in [-0.39, 0.29) is 6.42 Å². The predicted molar refractivity (Wildman–Crippen MR) is 68.1 cm³/mol. The van der Waals surface area contributed by atoms with Crippen LogP contribution in [-0.2, 0) is 17.6 Å². The van der Waals surface area contributed by atoms with Crippen molar-refractivity contribution in [1.29, 1.82) is 0 Å². The minimum Gasteiger partial charge on any atom is -0.497 e. The fourth-order valence-corrected chi connectivity index (χ4v) is 2.10. The molecule has 96 valence electrons. The van der Waals surface area contributed by atoms with Crippen LogP contribution in [0.2, 0.25) is 0 Å². The average molecular weight is 248 g/mol. The Labute approximate surface area is 105 Å². The molecular formula is C14H16O4. The molecule has 1 N–H and O–H groups in total. The van der Waals surface area contributed by atoms with Gasteiger partial charge in [-0.2, -0.15) is 0 Å². The molecule has 0 saturated heterocycles. The first-order valence-electron chi connectivity index (χ1n) is 5.95. The first-order valence-corrected chi connectivity index (χ1v) is 5.95. The van der Waals surface area contributed by atoms with Gasteiger partial charge in [0.05, 0.1) is 7.11 Å². The summed E-state index contributed by atoms with van der Waals surface area (Å²) in [7, 11) is 1.61. The number of hydrogen-bond acceptors (Lipinski definition) is 3. The Morgan fingerprint density at radius 3 is 2.83 bits per heavy atom. The number of furan rings is 1. The lowest BCUT2D eigenvalue weighted by Crippen LogP contribution is -1.98. The maximum atomic E-state index is 10.7. The van der Waals surface area contributed by atoms with Crippen LogP contribution in [0, 0.1) is 0 Å². The maximum absolute atomic E-state index is 10.7. The number of carbonyl (C=O) groups is 1. The quantitative estimate of drug-likeness (QED) is 0.883. The molecule has 0 amide bonds. The number of aryl methyl sites for hydroxylation is 2. The third kappa shape index (κ3) is 2.32. The van der Waals surface area contributed by atoms with Crippen LogP contribution in [0.5, 0.6) is 5.75 Å². The second-order valence-electron chi connectivity index (χ2n) is 4.11. The Balaban J connectivity index is 2.48. The molecule has 0 bridgehead atoms. The molecule has 4 nitrogen and oxygen atoms in total. The minimum absolute atomic E-state index is 0.110. The van der Waals surface area contributed by atoms with Gasteiger partial charge in [-0.15, -0.1) is 0 Å². The normalized spacial score (nSPS) is 10.8. The number of fused-ring (bicyclic) bond motifs is 1. The van der Waals surface area contributed by atoms with Crippen LogP contribution in [-0.4, -0.2) is 18.2 Å². The first kappa shape index (κ1) is 12.5. The third-order valence-electron chi connectivity index (χ3n) is 2.99. The fraction of sp³-hybridized carbons (Fsp3) is 0.357. The van der Waals surface area contributed by atoms with Crippen molar-refractivity contribution in [2.24, 2.45) is 0 Å². The molecule has 4 heteroatoms. The summed E-state index contributed by atoms with van der Waals surface area (Å²) in [6.45, 7) is 2.00. The van der Waals surface area contributed by atoms with Crippen molar-refractivity contribution in [1.82, 2.24) is 0 Å². The number of benzene rings is 1. The third-order valence-corrected chi connectivity index (χ3v) is 2.99. The van der Waals surface area contributed by atoms with E-state index in [2.05, 4.69) is 0 Å². The van der Waals surface area contributed by atoms with Crippen LogP contribution >= 0.6 is 0 Å². The molecule has 0 atom stereocenters. The van der Waals surface area contributed by atoms with Crippen molar-refractivity contribution in [2.75, 3.05) is 7.11 Å². The van der Waals surface area contributed by atoms with Crippen LogP contribution < -0.4 is 4.74 Å². The van der Waals surface area contributed by atoms with Crippen molar-refractivity contribution < 1.29 is 19.1 Å². The summed E-state index contributed by atoms with van der Waals surface area (Å²) < 4.78 is 10.9. The fourth-order valence-electron chi connectivity index (χ4n) is 2.10. The first-order chi connectivity index (χ1) is 8.65. The Bertz CT molecular complexity index is 568. The van der Waals surface area contributed by atoms with Gasteiger partial charge in [-0.05, 0) is 24.6 Å². The van der Waals surface area contributed by atoms with E-state index in [0.29, 0.717) is 6.42 Å². The highest BCUT2D eigenvalue weighted by Crippen LogP contribution is 2.30. The van der Waals surface area contributed by atoms with Gasteiger partial charge in [0.1, 0.15) is 17.1 Å². The molecular weight excluding hydrogens is 232 g/mol. The van der Waals surface area contributed by atoms with Crippen molar-refractivity contribution >= 4 is 16.9 Å². The zero-order chi connectivity index (χ0) is 13.1. The minimum atomic E-state index is -0.797. The summed E-state index contributed by atoms with van der Waals surface area (Å²) in [4.78, 5) is 10.7. The largest absolute Gasteiger partial charge is 0.497 e. The van der Waals surface area contributed by atoms with Crippen LogP contribution in [0.4, 0.5) is 0 Å². The number of methoxy groups -OCH3 is 1. The van der Waals surface area contributed by atoms with Crippen LogP contribution in [0.25, 0.3) is 11.0 Å². The molecule has 1 aromatic heterocycles. The van der Waals surface area contributed by atoms with E-state index >= 15 is 0 Å². The highest BCUT2D eigenvalue weighted by atomic mass is 16.5. The van der Waals surface area contributed by atoms with Crippen LogP contribution in [0.1, 0.15) is 24.7 Å². The smallest absolute Gasteiger partial charge is 0.303 e. The Hall–Kier alpha value is -1.97. The molecule has 0 radical (unpaired) electrons. The van der Waals surface area contributed by atoms with Gasteiger partial charge in [0, 0.05) is 23.8 Å². The maximum Gasteiger partial charge on any atom is 0.303 e. The second kappa shape index (κ2) is 5.12. The van der Waals surface area contributed by atoms with Crippen LogP contribution in [0.15, 0.2) is 22.6 Å². The molecule has 0 aliphatic carbocycles. The lowest BCUT2D eigenvalue weighted by Gasteiger charge is -2.01. The standard InChI is InChI=1S/C14H16O4/c1-3-12-10(5-7-14(15)16)11-8-9(17-2)4-6-13(11)18-12/h4,6,8H,3,5,7H2,1-2H3,(H,15,16).